The first-order valence-electron chi connectivity index (χ1n) is 8.19. The van der Waals surface area contributed by atoms with Crippen molar-refractivity contribution in [3.05, 3.63) is 94.3 Å². The summed E-state index contributed by atoms with van der Waals surface area (Å²) in [4.78, 5) is 4.48. The van der Waals surface area contributed by atoms with Crippen LogP contribution in [0, 0.1) is 5.41 Å². The molecule has 0 aliphatic heterocycles. The van der Waals surface area contributed by atoms with Crippen LogP contribution in [0.1, 0.15) is 29.9 Å². The molecule has 0 aliphatic carbocycles. The summed E-state index contributed by atoms with van der Waals surface area (Å²) >= 11 is 6.17. The maximum atomic E-state index is 7.76. The van der Waals surface area contributed by atoms with Crippen LogP contribution in [0.3, 0.4) is 0 Å². The quantitative estimate of drug-likeness (QED) is 0.451. The van der Waals surface area contributed by atoms with Crippen molar-refractivity contribution in [3.8, 4) is 5.75 Å². The lowest BCUT2D eigenvalue weighted by Crippen LogP contribution is -2.06. The summed E-state index contributed by atoms with van der Waals surface area (Å²) < 4.78 is 10.9. The van der Waals surface area contributed by atoms with Crippen molar-refractivity contribution in [1.82, 2.24) is 4.98 Å². The molecule has 3 aromatic rings. The van der Waals surface area contributed by atoms with Gasteiger partial charge in [0, 0.05) is 22.7 Å². The van der Waals surface area contributed by atoms with Crippen LogP contribution in [0.15, 0.2) is 66.7 Å². The molecule has 27 heavy (non-hydrogen) atoms. The molecule has 1 N–H and O–H groups in total. The first-order valence-corrected chi connectivity index (χ1v) is 8.57. The fourth-order valence-corrected chi connectivity index (χ4v) is 2.76. The van der Waals surface area contributed by atoms with Crippen LogP contribution in [0.2, 0.25) is 5.02 Å². The van der Waals surface area contributed by atoms with E-state index in [1.165, 1.54) is 7.11 Å². The normalized spacial score (nSPS) is 10.0. The molecule has 0 amide bonds. The van der Waals surface area contributed by atoms with E-state index in [2.05, 4.69) is 4.98 Å². The molecule has 0 saturated carbocycles. The maximum absolute atomic E-state index is 7.76. The van der Waals surface area contributed by atoms with Crippen molar-refractivity contribution in [3.63, 3.8) is 0 Å². The predicted molar refractivity (Wildman–Crippen MR) is 110 cm³/mol. The molecule has 0 fully saturated rings. The molecule has 2 aromatic carbocycles. The fourth-order valence-electron chi connectivity index (χ4n) is 2.57. The zero-order valence-electron chi connectivity index (χ0n) is 14.4. The summed E-state index contributed by atoms with van der Waals surface area (Å²) in [6.07, 6.45) is 0.551. The zero-order valence-corrected chi connectivity index (χ0v) is 15.2. The fraction of sp³-hybridized carbons (Fsp3) is 0.182. The van der Waals surface area contributed by atoms with Crippen LogP contribution in [-0.2, 0) is 17.8 Å². The van der Waals surface area contributed by atoms with Gasteiger partial charge >= 0.3 is 0 Å². The summed E-state index contributed by atoms with van der Waals surface area (Å²) in [5, 5.41) is 8.41. The molecule has 1 aromatic heterocycles. The van der Waals surface area contributed by atoms with Gasteiger partial charge in [0.15, 0.2) is 0 Å². The van der Waals surface area contributed by atoms with Gasteiger partial charge in [0.05, 0.1) is 7.11 Å². The molecule has 0 radical (unpaired) electrons. The Bertz CT molecular complexity index is 898. The number of halogens is 1. The van der Waals surface area contributed by atoms with E-state index in [0.717, 1.165) is 22.6 Å². The Morgan fingerprint density at radius 1 is 1.04 bits per heavy atom. The Morgan fingerprint density at radius 2 is 1.81 bits per heavy atom. The standard InChI is InChI=1S/C21H19ClN2O2.CH4/c1-25-21(23)19-9-5-8-18(24-19)13-16-12-17(22)10-11-20(16)26-14-15-6-3-2-4-7-15;/h2-12,23H,13-14H2,1H3;1H4. The third-order valence-corrected chi connectivity index (χ3v) is 4.11. The van der Waals surface area contributed by atoms with Crippen LogP contribution in [0.25, 0.3) is 0 Å². The molecule has 0 atom stereocenters. The molecule has 4 nitrogen and oxygen atoms in total. The van der Waals surface area contributed by atoms with Crippen molar-refractivity contribution in [2.45, 2.75) is 20.5 Å². The summed E-state index contributed by atoms with van der Waals surface area (Å²) in [6, 6.07) is 21.1. The summed E-state index contributed by atoms with van der Waals surface area (Å²) in [5.41, 5.74) is 3.36. The molecule has 0 bridgehead atoms. The lowest BCUT2D eigenvalue weighted by molar-refractivity contribution is 0.303. The van der Waals surface area contributed by atoms with E-state index >= 15 is 0 Å². The van der Waals surface area contributed by atoms with Gasteiger partial charge in [-0.2, -0.15) is 0 Å². The Morgan fingerprint density at radius 3 is 2.56 bits per heavy atom. The van der Waals surface area contributed by atoms with Gasteiger partial charge in [0.25, 0.3) is 0 Å². The highest BCUT2D eigenvalue weighted by Crippen LogP contribution is 2.26. The minimum atomic E-state index is 0. The average Bonchev–Trinajstić information content (AvgIpc) is 2.68. The second-order valence-electron chi connectivity index (χ2n) is 5.75. The predicted octanol–water partition coefficient (Wildman–Crippen LogP) is 5.51. The summed E-state index contributed by atoms with van der Waals surface area (Å²) in [6.45, 7) is 0.483. The van der Waals surface area contributed by atoms with Crippen molar-refractivity contribution in [2.24, 2.45) is 0 Å². The summed E-state index contributed by atoms with van der Waals surface area (Å²) in [5.74, 6) is 0.811. The third kappa shape index (κ3) is 5.56. The molecular weight excluding hydrogens is 360 g/mol. The zero-order chi connectivity index (χ0) is 18.4. The Kier molecular flexibility index (Phi) is 7.38. The van der Waals surface area contributed by atoms with E-state index in [1.807, 2.05) is 60.7 Å². The lowest BCUT2D eigenvalue weighted by Gasteiger charge is -2.12. The largest absolute Gasteiger partial charge is 0.489 e. The van der Waals surface area contributed by atoms with E-state index < -0.39 is 0 Å². The van der Waals surface area contributed by atoms with Crippen LogP contribution in [-0.4, -0.2) is 18.0 Å². The Labute approximate surface area is 165 Å². The minimum Gasteiger partial charge on any atom is -0.489 e. The number of benzene rings is 2. The number of aromatic nitrogens is 1. The van der Waals surface area contributed by atoms with Crippen LogP contribution >= 0.6 is 11.6 Å². The molecule has 0 spiro atoms. The molecule has 1 heterocycles. The van der Waals surface area contributed by atoms with Gasteiger partial charge in [0.2, 0.25) is 5.90 Å². The van der Waals surface area contributed by atoms with Crippen LogP contribution in [0.4, 0.5) is 0 Å². The maximum Gasteiger partial charge on any atom is 0.232 e. The molecule has 140 valence electrons. The smallest absolute Gasteiger partial charge is 0.232 e. The Hall–Kier alpha value is -2.85. The molecule has 3 rings (SSSR count). The minimum absolute atomic E-state index is 0. The van der Waals surface area contributed by atoms with Gasteiger partial charge in [-0.15, -0.1) is 0 Å². The molecule has 0 aliphatic rings. The number of nitrogens with zero attached hydrogens (tertiary/aromatic N) is 1. The highest BCUT2D eigenvalue weighted by molar-refractivity contribution is 6.30. The van der Waals surface area contributed by atoms with E-state index in [1.54, 1.807) is 6.07 Å². The topological polar surface area (TPSA) is 55.2 Å². The monoisotopic (exact) mass is 382 g/mol. The lowest BCUT2D eigenvalue weighted by atomic mass is 10.1. The molecule has 0 unspecified atom stereocenters. The van der Waals surface area contributed by atoms with Gasteiger partial charge in [-0.1, -0.05) is 55.4 Å². The van der Waals surface area contributed by atoms with Gasteiger partial charge in [-0.3, -0.25) is 5.41 Å². The highest BCUT2D eigenvalue weighted by Gasteiger charge is 2.10. The second-order valence-corrected chi connectivity index (χ2v) is 6.19. The second kappa shape index (κ2) is 9.74. The highest BCUT2D eigenvalue weighted by atomic mass is 35.5. The van der Waals surface area contributed by atoms with Crippen molar-refractivity contribution < 1.29 is 9.47 Å². The number of hydrogen-bond donors (Lipinski definition) is 1. The Balaban J connectivity index is 0.00000261. The average molecular weight is 383 g/mol. The number of rotatable bonds is 6. The van der Waals surface area contributed by atoms with Crippen molar-refractivity contribution >= 4 is 17.5 Å². The summed E-state index contributed by atoms with van der Waals surface area (Å²) in [7, 11) is 1.46. The number of hydrogen-bond acceptors (Lipinski definition) is 4. The van der Waals surface area contributed by atoms with E-state index in [0.29, 0.717) is 23.7 Å². The molecular formula is C22H23ClN2O2. The van der Waals surface area contributed by atoms with Crippen molar-refractivity contribution in [1.29, 1.82) is 5.41 Å². The van der Waals surface area contributed by atoms with E-state index in [4.69, 9.17) is 26.5 Å². The van der Waals surface area contributed by atoms with Gasteiger partial charge < -0.3 is 9.47 Å². The van der Waals surface area contributed by atoms with E-state index in [9.17, 15) is 0 Å². The third-order valence-electron chi connectivity index (χ3n) is 3.87. The van der Waals surface area contributed by atoms with Gasteiger partial charge in [-0.25, -0.2) is 4.98 Å². The van der Waals surface area contributed by atoms with Crippen LogP contribution < -0.4 is 4.74 Å². The molecule has 0 saturated heterocycles. The van der Waals surface area contributed by atoms with E-state index in [-0.39, 0.29) is 13.3 Å². The first-order chi connectivity index (χ1) is 12.7. The first kappa shape index (κ1) is 20.5. The van der Waals surface area contributed by atoms with Crippen LogP contribution in [0.5, 0.6) is 5.75 Å². The van der Waals surface area contributed by atoms with Gasteiger partial charge in [-0.05, 0) is 35.9 Å². The molecule has 5 heteroatoms. The number of nitrogens with one attached hydrogen (secondary N) is 1. The number of ether oxygens (including phenoxy) is 2. The number of methoxy groups -OCH3 is 1. The van der Waals surface area contributed by atoms with Crippen molar-refractivity contribution in [2.75, 3.05) is 7.11 Å². The van der Waals surface area contributed by atoms with Gasteiger partial charge in [0.1, 0.15) is 18.1 Å². The SMILES string of the molecule is C.COC(=N)c1cccc(Cc2cc(Cl)ccc2OCc2ccccc2)n1. The number of pyridine rings is 1.